The second-order valence-corrected chi connectivity index (χ2v) is 10.9. The fourth-order valence-corrected chi connectivity index (χ4v) is 5.73. The number of carbonyl (C=O) groups is 1. The monoisotopic (exact) mass is 499 g/mol. The summed E-state index contributed by atoms with van der Waals surface area (Å²) in [5.74, 6) is -0.863. The van der Waals surface area contributed by atoms with E-state index in [4.69, 9.17) is 4.74 Å². The van der Waals surface area contributed by atoms with E-state index in [1.54, 1.807) is 21.6 Å². The molecule has 0 saturated carbocycles. The quantitative estimate of drug-likeness (QED) is 0.440. The lowest BCUT2D eigenvalue weighted by molar-refractivity contribution is 0.0678. The third-order valence-corrected chi connectivity index (χ3v) is 7.69. The number of benzene rings is 2. The molecule has 0 N–H and O–H groups in total. The average molecular weight is 500 g/mol. The van der Waals surface area contributed by atoms with Crippen LogP contribution < -0.4 is 0 Å². The highest BCUT2D eigenvalue weighted by atomic mass is 32.2. The van der Waals surface area contributed by atoms with Gasteiger partial charge in [0.25, 0.3) is 5.91 Å². The van der Waals surface area contributed by atoms with Crippen molar-refractivity contribution in [1.82, 2.24) is 14.5 Å². The molecule has 4 rings (SSSR count). The van der Waals surface area contributed by atoms with Gasteiger partial charge in [0, 0.05) is 18.2 Å². The minimum atomic E-state index is -3.84. The number of hydrogen-bond donors (Lipinski definition) is 0. The van der Waals surface area contributed by atoms with E-state index in [0.717, 1.165) is 12.8 Å². The van der Waals surface area contributed by atoms with Crippen LogP contribution in [0.4, 0.5) is 4.39 Å². The van der Waals surface area contributed by atoms with Gasteiger partial charge in [-0.25, -0.2) is 17.8 Å². The first-order valence-corrected chi connectivity index (χ1v) is 13.4. The number of rotatable bonds is 9. The lowest BCUT2D eigenvalue weighted by atomic mass is 10.1. The molecule has 1 aromatic heterocycles. The van der Waals surface area contributed by atoms with Gasteiger partial charge in [0.1, 0.15) is 5.82 Å². The molecule has 1 aliphatic rings. The largest absolute Gasteiger partial charge is 0.376 e. The van der Waals surface area contributed by atoms with Crippen molar-refractivity contribution in [3.63, 3.8) is 0 Å². The molecule has 1 saturated heterocycles. The van der Waals surface area contributed by atoms with Crippen LogP contribution in [0.15, 0.2) is 66.0 Å². The Kier molecular flexibility index (Phi) is 7.66. The number of ether oxygens (including phenoxy) is 1. The molecule has 35 heavy (non-hydrogen) atoms. The van der Waals surface area contributed by atoms with Gasteiger partial charge in [-0.3, -0.25) is 4.79 Å². The topological polar surface area (TPSA) is 81.5 Å². The number of hydrogen-bond acceptors (Lipinski definition) is 5. The summed E-state index contributed by atoms with van der Waals surface area (Å²) < 4.78 is 47.5. The fraction of sp³-hybridized carbons (Fsp3) is 0.385. The number of carbonyl (C=O) groups excluding carboxylic acids is 1. The highest BCUT2D eigenvalue weighted by Crippen LogP contribution is 2.23. The smallest absolute Gasteiger partial charge is 0.254 e. The Morgan fingerprint density at radius 2 is 1.89 bits per heavy atom. The molecule has 186 valence electrons. The van der Waals surface area contributed by atoms with Crippen molar-refractivity contribution in [3.05, 3.63) is 83.4 Å². The number of aromatic nitrogens is 2. The molecule has 1 unspecified atom stereocenters. The first-order chi connectivity index (χ1) is 16.7. The van der Waals surface area contributed by atoms with E-state index >= 15 is 0 Å². The number of amides is 1. The van der Waals surface area contributed by atoms with Crippen LogP contribution in [-0.4, -0.2) is 47.5 Å². The molecule has 1 aliphatic heterocycles. The summed E-state index contributed by atoms with van der Waals surface area (Å²) in [7, 11) is -3.84. The maximum atomic E-state index is 13.4. The van der Waals surface area contributed by atoms with Gasteiger partial charge in [0.2, 0.25) is 15.0 Å². The minimum Gasteiger partial charge on any atom is -0.376 e. The summed E-state index contributed by atoms with van der Waals surface area (Å²) in [5.41, 5.74) is 1.66. The van der Waals surface area contributed by atoms with Gasteiger partial charge in [0.15, 0.2) is 0 Å². The second-order valence-electron chi connectivity index (χ2n) is 9.06. The standard InChI is InChI=1S/C26H30FN3O4S/c1-19(2)29(25(31)21-7-4-3-5-8-21)16-23-15-28-26(30(23)17-24-9-6-14-34-24)35(32,33)18-20-10-12-22(27)13-11-20/h3-5,7-8,10-13,15,19,24H,6,9,14,16-18H2,1-2H3. The lowest BCUT2D eigenvalue weighted by Crippen LogP contribution is -2.37. The Morgan fingerprint density at radius 3 is 2.51 bits per heavy atom. The first-order valence-electron chi connectivity index (χ1n) is 11.7. The van der Waals surface area contributed by atoms with Crippen molar-refractivity contribution in [3.8, 4) is 0 Å². The van der Waals surface area contributed by atoms with E-state index in [1.165, 1.54) is 30.5 Å². The predicted molar refractivity (Wildman–Crippen MR) is 130 cm³/mol. The molecule has 2 aromatic carbocycles. The molecule has 0 radical (unpaired) electrons. The number of nitrogens with zero attached hydrogens (tertiary/aromatic N) is 3. The Hall–Kier alpha value is -3.04. The molecule has 0 bridgehead atoms. The van der Waals surface area contributed by atoms with Crippen molar-refractivity contribution < 1.29 is 22.3 Å². The molecular weight excluding hydrogens is 469 g/mol. The second kappa shape index (κ2) is 10.7. The fourth-order valence-electron chi connectivity index (χ4n) is 4.23. The SMILES string of the molecule is CC(C)N(Cc1cnc(S(=O)(=O)Cc2ccc(F)cc2)n1CC1CCCO1)C(=O)c1ccccc1. The van der Waals surface area contributed by atoms with Crippen LogP contribution in [-0.2, 0) is 33.4 Å². The van der Waals surface area contributed by atoms with Crippen molar-refractivity contribution in [1.29, 1.82) is 0 Å². The van der Waals surface area contributed by atoms with Crippen LogP contribution in [0, 0.1) is 5.82 Å². The van der Waals surface area contributed by atoms with Crippen molar-refractivity contribution in [2.75, 3.05) is 6.61 Å². The van der Waals surface area contributed by atoms with Gasteiger partial charge in [-0.05, 0) is 56.5 Å². The van der Waals surface area contributed by atoms with E-state index in [0.29, 0.717) is 30.0 Å². The molecule has 9 heteroatoms. The number of halogens is 1. The Labute approximate surface area is 205 Å². The zero-order chi connectivity index (χ0) is 25.0. The van der Waals surface area contributed by atoms with E-state index in [2.05, 4.69) is 4.98 Å². The van der Waals surface area contributed by atoms with E-state index in [9.17, 15) is 17.6 Å². The molecule has 0 aliphatic carbocycles. The molecule has 7 nitrogen and oxygen atoms in total. The highest BCUT2D eigenvalue weighted by molar-refractivity contribution is 7.90. The zero-order valence-corrected chi connectivity index (χ0v) is 20.7. The third kappa shape index (κ3) is 5.97. The predicted octanol–water partition coefficient (Wildman–Crippen LogP) is 4.23. The Bertz CT molecular complexity index is 1250. The van der Waals surface area contributed by atoms with E-state index in [-0.39, 0.29) is 35.5 Å². The van der Waals surface area contributed by atoms with Crippen molar-refractivity contribution in [2.24, 2.45) is 0 Å². The van der Waals surface area contributed by atoms with Gasteiger partial charge in [-0.2, -0.15) is 0 Å². The third-order valence-electron chi connectivity index (χ3n) is 6.10. The molecule has 1 atom stereocenters. The maximum Gasteiger partial charge on any atom is 0.254 e. The molecule has 0 spiro atoms. The summed E-state index contributed by atoms with van der Waals surface area (Å²) in [6.07, 6.45) is 3.14. The number of sulfone groups is 1. The molecule has 2 heterocycles. The molecule has 1 amide bonds. The van der Waals surface area contributed by atoms with Crippen molar-refractivity contribution >= 4 is 15.7 Å². The van der Waals surface area contributed by atoms with Gasteiger partial charge in [0.05, 0.1) is 36.8 Å². The minimum absolute atomic E-state index is 0.0665. The van der Waals surface area contributed by atoms with Gasteiger partial charge in [-0.1, -0.05) is 30.3 Å². The van der Waals surface area contributed by atoms with Crippen LogP contribution >= 0.6 is 0 Å². The maximum absolute atomic E-state index is 13.4. The van der Waals surface area contributed by atoms with E-state index < -0.39 is 15.7 Å². The van der Waals surface area contributed by atoms with E-state index in [1.807, 2.05) is 32.0 Å². The first kappa shape index (κ1) is 25.1. The lowest BCUT2D eigenvalue weighted by Gasteiger charge is -2.28. The van der Waals surface area contributed by atoms with Gasteiger partial charge >= 0.3 is 0 Å². The van der Waals surface area contributed by atoms with Crippen LogP contribution in [0.5, 0.6) is 0 Å². The van der Waals surface area contributed by atoms with Crippen molar-refractivity contribution in [2.45, 2.75) is 62.8 Å². The summed E-state index contributed by atoms with van der Waals surface area (Å²) in [4.78, 5) is 19.2. The molecule has 1 fully saturated rings. The van der Waals surface area contributed by atoms with Crippen LogP contribution in [0.3, 0.4) is 0 Å². The van der Waals surface area contributed by atoms with Crippen LogP contribution in [0.25, 0.3) is 0 Å². The van der Waals surface area contributed by atoms with Crippen LogP contribution in [0.1, 0.15) is 48.3 Å². The summed E-state index contributed by atoms with van der Waals surface area (Å²) >= 11 is 0. The number of imidazole rings is 1. The normalized spacial score (nSPS) is 16.1. The summed E-state index contributed by atoms with van der Waals surface area (Å²) in [5, 5.41) is -0.0665. The summed E-state index contributed by atoms with van der Waals surface area (Å²) in [6.45, 7) is 5.02. The van der Waals surface area contributed by atoms with Crippen LogP contribution in [0.2, 0.25) is 0 Å². The highest BCUT2D eigenvalue weighted by Gasteiger charge is 2.29. The Balaban J connectivity index is 1.67. The Morgan fingerprint density at radius 1 is 1.17 bits per heavy atom. The zero-order valence-electron chi connectivity index (χ0n) is 19.9. The molecular formula is C26H30FN3O4S. The van der Waals surface area contributed by atoms with Gasteiger partial charge < -0.3 is 14.2 Å². The average Bonchev–Trinajstić information content (AvgIpc) is 3.49. The van der Waals surface area contributed by atoms with Gasteiger partial charge in [-0.15, -0.1) is 0 Å². The summed E-state index contributed by atoms with van der Waals surface area (Å²) in [6, 6.07) is 14.3. The molecule has 3 aromatic rings.